The first-order valence-corrected chi connectivity index (χ1v) is 8.01. The minimum atomic E-state index is -4.77. The molecule has 140 valence electrons. The molecule has 0 unspecified atom stereocenters. The van der Waals surface area contributed by atoms with Crippen LogP contribution in [0.3, 0.4) is 0 Å². The van der Waals surface area contributed by atoms with Crippen LogP contribution in [0.25, 0.3) is 10.9 Å². The molecule has 0 saturated carbocycles. The zero-order valence-electron chi connectivity index (χ0n) is 13.6. The number of pyridine rings is 1. The van der Waals surface area contributed by atoms with Crippen LogP contribution in [0, 0.1) is 0 Å². The van der Waals surface area contributed by atoms with Crippen LogP contribution in [-0.2, 0) is 4.79 Å². The SMILES string of the molecule is O=C(COc1ccc(Cl)c2cccnc12)Nc1ccc(OC(F)(F)F)cc1. The standard InChI is InChI=1S/C18H12ClF3N2O3/c19-14-7-8-15(17-13(14)2-1-9-23-17)26-10-16(25)24-11-3-5-12(6-4-11)27-18(20,21)22/h1-9H,10H2,(H,24,25). The lowest BCUT2D eigenvalue weighted by molar-refractivity contribution is -0.274. The van der Waals surface area contributed by atoms with Gasteiger partial charge in [0.2, 0.25) is 0 Å². The van der Waals surface area contributed by atoms with Crippen LogP contribution in [0.5, 0.6) is 11.5 Å². The van der Waals surface area contributed by atoms with Crippen molar-refractivity contribution in [2.45, 2.75) is 6.36 Å². The summed E-state index contributed by atoms with van der Waals surface area (Å²) in [6.45, 7) is -0.311. The molecule has 9 heteroatoms. The molecular weight excluding hydrogens is 385 g/mol. The zero-order chi connectivity index (χ0) is 19.4. The normalized spacial score (nSPS) is 11.3. The van der Waals surface area contributed by atoms with Crippen molar-refractivity contribution < 1.29 is 27.4 Å². The number of hydrogen-bond acceptors (Lipinski definition) is 4. The molecule has 0 saturated heterocycles. The summed E-state index contributed by atoms with van der Waals surface area (Å²) in [6.07, 6.45) is -3.19. The molecule has 0 radical (unpaired) electrons. The Hall–Kier alpha value is -3.00. The highest BCUT2D eigenvalue weighted by Gasteiger charge is 2.30. The van der Waals surface area contributed by atoms with Gasteiger partial charge in [0, 0.05) is 17.3 Å². The summed E-state index contributed by atoms with van der Waals surface area (Å²) in [6, 6.07) is 11.5. The van der Waals surface area contributed by atoms with E-state index in [1.807, 2.05) is 0 Å². The molecule has 0 spiro atoms. The smallest absolute Gasteiger partial charge is 0.481 e. The predicted octanol–water partition coefficient (Wildman–Crippen LogP) is 4.80. The van der Waals surface area contributed by atoms with Crippen molar-refractivity contribution in [2.24, 2.45) is 0 Å². The maximum absolute atomic E-state index is 12.1. The first-order chi connectivity index (χ1) is 12.8. The summed E-state index contributed by atoms with van der Waals surface area (Å²) in [4.78, 5) is 16.2. The number of alkyl halides is 3. The van der Waals surface area contributed by atoms with Crippen molar-refractivity contribution in [3.8, 4) is 11.5 Å². The van der Waals surface area contributed by atoms with Gasteiger partial charge >= 0.3 is 6.36 Å². The second kappa shape index (κ2) is 7.71. The number of benzene rings is 2. The summed E-state index contributed by atoms with van der Waals surface area (Å²) in [5.41, 5.74) is 0.823. The number of halogens is 4. The fraction of sp³-hybridized carbons (Fsp3) is 0.111. The Bertz CT molecular complexity index is 962. The van der Waals surface area contributed by atoms with Crippen LogP contribution < -0.4 is 14.8 Å². The molecule has 0 aliphatic carbocycles. The number of rotatable bonds is 5. The number of hydrogen-bond donors (Lipinski definition) is 1. The molecule has 2 aromatic carbocycles. The first kappa shape index (κ1) is 18.8. The fourth-order valence-corrected chi connectivity index (χ4v) is 2.52. The van der Waals surface area contributed by atoms with Crippen molar-refractivity contribution in [1.82, 2.24) is 4.98 Å². The van der Waals surface area contributed by atoms with E-state index in [0.29, 0.717) is 27.4 Å². The summed E-state index contributed by atoms with van der Waals surface area (Å²) in [5, 5.41) is 3.72. The fourth-order valence-electron chi connectivity index (χ4n) is 2.31. The molecule has 1 heterocycles. The van der Waals surface area contributed by atoms with Gasteiger partial charge in [0.1, 0.15) is 17.0 Å². The molecule has 5 nitrogen and oxygen atoms in total. The van der Waals surface area contributed by atoms with Gasteiger partial charge < -0.3 is 14.8 Å². The zero-order valence-corrected chi connectivity index (χ0v) is 14.3. The van der Waals surface area contributed by atoms with E-state index in [0.717, 1.165) is 12.1 Å². The largest absolute Gasteiger partial charge is 0.573 e. The van der Waals surface area contributed by atoms with Crippen molar-refractivity contribution in [3.63, 3.8) is 0 Å². The average Bonchev–Trinajstić information content (AvgIpc) is 2.62. The molecule has 0 aliphatic rings. The third-order valence-corrected chi connectivity index (χ3v) is 3.74. The van der Waals surface area contributed by atoms with Crippen molar-refractivity contribution in [1.29, 1.82) is 0 Å². The van der Waals surface area contributed by atoms with Gasteiger partial charge in [0.05, 0.1) is 5.02 Å². The van der Waals surface area contributed by atoms with Crippen molar-refractivity contribution >= 4 is 34.1 Å². The van der Waals surface area contributed by atoms with Gasteiger partial charge in [-0.25, -0.2) is 0 Å². The van der Waals surface area contributed by atoms with Crippen LogP contribution >= 0.6 is 11.6 Å². The minimum absolute atomic E-state index is 0.303. The number of nitrogens with zero attached hydrogens (tertiary/aromatic N) is 1. The van der Waals surface area contributed by atoms with E-state index < -0.39 is 12.3 Å². The lowest BCUT2D eigenvalue weighted by Gasteiger charge is -2.11. The summed E-state index contributed by atoms with van der Waals surface area (Å²) < 4.78 is 45.6. The van der Waals surface area contributed by atoms with E-state index in [-0.39, 0.29) is 12.4 Å². The highest BCUT2D eigenvalue weighted by molar-refractivity contribution is 6.35. The second-order valence-corrected chi connectivity index (χ2v) is 5.76. The Kier molecular flexibility index (Phi) is 5.36. The first-order valence-electron chi connectivity index (χ1n) is 7.63. The summed E-state index contributed by atoms with van der Waals surface area (Å²) >= 11 is 6.10. The highest BCUT2D eigenvalue weighted by atomic mass is 35.5. The van der Waals surface area contributed by atoms with Gasteiger partial charge in [-0.15, -0.1) is 13.2 Å². The third-order valence-electron chi connectivity index (χ3n) is 3.41. The molecular formula is C18H12ClF3N2O3. The maximum Gasteiger partial charge on any atom is 0.573 e. The van der Waals surface area contributed by atoms with E-state index in [2.05, 4.69) is 15.0 Å². The molecule has 1 N–H and O–H groups in total. The lowest BCUT2D eigenvalue weighted by atomic mass is 10.2. The third kappa shape index (κ3) is 5.01. The number of aromatic nitrogens is 1. The van der Waals surface area contributed by atoms with Crippen LogP contribution in [-0.4, -0.2) is 23.9 Å². The number of nitrogens with one attached hydrogen (secondary N) is 1. The van der Waals surface area contributed by atoms with Gasteiger partial charge in [-0.1, -0.05) is 11.6 Å². The molecule has 1 aromatic heterocycles. The number of ether oxygens (including phenoxy) is 2. The Morgan fingerprint density at radius 1 is 1.11 bits per heavy atom. The Balaban J connectivity index is 1.61. The molecule has 0 bridgehead atoms. The number of amides is 1. The minimum Gasteiger partial charge on any atom is -0.481 e. The van der Waals surface area contributed by atoms with Gasteiger partial charge in [-0.2, -0.15) is 0 Å². The molecule has 3 rings (SSSR count). The van der Waals surface area contributed by atoms with Gasteiger partial charge in [0.25, 0.3) is 5.91 Å². The van der Waals surface area contributed by atoms with Crippen molar-refractivity contribution in [2.75, 3.05) is 11.9 Å². The number of fused-ring (bicyclic) bond motifs is 1. The van der Waals surface area contributed by atoms with Crippen molar-refractivity contribution in [3.05, 3.63) is 59.8 Å². The van der Waals surface area contributed by atoms with Crippen LogP contribution in [0.1, 0.15) is 0 Å². The highest BCUT2D eigenvalue weighted by Crippen LogP contribution is 2.29. The molecule has 0 fully saturated rings. The quantitative estimate of drug-likeness (QED) is 0.672. The maximum atomic E-state index is 12.1. The molecule has 0 atom stereocenters. The number of carbonyl (C=O) groups is 1. The Morgan fingerprint density at radius 3 is 2.56 bits per heavy atom. The average molecular weight is 397 g/mol. The van der Waals surface area contributed by atoms with E-state index >= 15 is 0 Å². The summed E-state index contributed by atoms with van der Waals surface area (Å²) in [5.74, 6) is -0.479. The Labute approximate surface area is 156 Å². The van der Waals surface area contributed by atoms with Gasteiger partial charge in [0.15, 0.2) is 6.61 Å². The predicted molar refractivity (Wildman–Crippen MR) is 94.0 cm³/mol. The number of carbonyl (C=O) groups excluding carboxylic acids is 1. The van der Waals surface area contributed by atoms with Gasteiger partial charge in [-0.3, -0.25) is 9.78 Å². The molecule has 27 heavy (non-hydrogen) atoms. The van der Waals surface area contributed by atoms with Crippen LogP contribution in [0.4, 0.5) is 18.9 Å². The van der Waals surface area contributed by atoms with Gasteiger partial charge in [-0.05, 0) is 48.5 Å². The topological polar surface area (TPSA) is 60.5 Å². The summed E-state index contributed by atoms with van der Waals surface area (Å²) in [7, 11) is 0. The second-order valence-electron chi connectivity index (χ2n) is 5.35. The monoisotopic (exact) mass is 396 g/mol. The van der Waals surface area contributed by atoms with E-state index in [9.17, 15) is 18.0 Å². The molecule has 1 amide bonds. The lowest BCUT2D eigenvalue weighted by Crippen LogP contribution is -2.20. The number of anilines is 1. The Morgan fingerprint density at radius 2 is 1.85 bits per heavy atom. The van der Waals surface area contributed by atoms with E-state index in [1.54, 1.807) is 30.5 Å². The molecule has 3 aromatic rings. The van der Waals surface area contributed by atoms with E-state index in [4.69, 9.17) is 16.3 Å². The van der Waals surface area contributed by atoms with E-state index in [1.165, 1.54) is 12.1 Å². The van der Waals surface area contributed by atoms with Crippen LogP contribution in [0.2, 0.25) is 5.02 Å². The molecule has 0 aliphatic heterocycles. The van der Waals surface area contributed by atoms with Crippen LogP contribution in [0.15, 0.2) is 54.7 Å².